The molecular formula is C10H19N3O2S. The van der Waals surface area contributed by atoms with Crippen molar-refractivity contribution >= 4 is 22.8 Å². The molecule has 1 saturated heterocycles. The molecule has 1 heterocycles. The highest BCUT2D eigenvalue weighted by atomic mass is 32.2. The van der Waals surface area contributed by atoms with Gasteiger partial charge in [-0.15, -0.1) is 0 Å². The fraction of sp³-hybridized carbons (Fsp3) is 0.800. The van der Waals surface area contributed by atoms with Gasteiger partial charge in [0.25, 0.3) is 0 Å². The molecule has 2 N–H and O–H groups in total. The molecule has 0 aromatic carbocycles. The van der Waals surface area contributed by atoms with E-state index >= 15 is 0 Å². The maximum absolute atomic E-state index is 11.3. The molecule has 0 bridgehead atoms. The highest BCUT2D eigenvalue weighted by Crippen LogP contribution is 2.12. The molecule has 1 atom stereocenters. The number of ether oxygens (including phenoxy) is 1. The Morgan fingerprint density at radius 3 is 3.19 bits per heavy atom. The van der Waals surface area contributed by atoms with Crippen LogP contribution in [0.3, 0.4) is 0 Å². The van der Waals surface area contributed by atoms with Crippen LogP contribution in [-0.4, -0.2) is 49.7 Å². The predicted molar refractivity (Wildman–Crippen MR) is 66.9 cm³/mol. The van der Waals surface area contributed by atoms with Gasteiger partial charge in [-0.2, -0.15) is 0 Å². The summed E-state index contributed by atoms with van der Waals surface area (Å²) in [6.45, 7) is 3.78. The molecule has 16 heavy (non-hydrogen) atoms. The second-order valence-corrected chi connectivity index (χ2v) is 4.64. The normalized spacial score (nSPS) is 22.1. The van der Waals surface area contributed by atoms with Gasteiger partial charge in [-0.25, -0.2) is 0 Å². The molecule has 1 amide bonds. The van der Waals surface area contributed by atoms with Crippen molar-refractivity contribution in [2.75, 3.05) is 32.6 Å². The SMILES string of the molecule is COCCNC(=O)CCN=C1NC(C)CS1. The summed E-state index contributed by atoms with van der Waals surface area (Å²) >= 11 is 1.71. The number of methoxy groups -OCH3 is 1. The first kappa shape index (κ1) is 13.3. The van der Waals surface area contributed by atoms with Crippen LogP contribution in [0.25, 0.3) is 0 Å². The maximum Gasteiger partial charge on any atom is 0.221 e. The summed E-state index contributed by atoms with van der Waals surface area (Å²) in [6, 6.07) is 0.485. The Hall–Kier alpha value is -0.750. The number of nitrogens with one attached hydrogen (secondary N) is 2. The van der Waals surface area contributed by atoms with E-state index in [1.807, 2.05) is 0 Å². The Kier molecular flexibility index (Phi) is 6.25. The fourth-order valence-corrected chi connectivity index (χ4v) is 2.19. The largest absolute Gasteiger partial charge is 0.383 e. The number of amidine groups is 1. The van der Waals surface area contributed by atoms with E-state index in [2.05, 4.69) is 22.5 Å². The van der Waals surface area contributed by atoms with Crippen LogP contribution in [0.5, 0.6) is 0 Å². The zero-order valence-electron chi connectivity index (χ0n) is 9.78. The zero-order valence-corrected chi connectivity index (χ0v) is 10.6. The van der Waals surface area contributed by atoms with Crippen LogP contribution >= 0.6 is 11.8 Å². The van der Waals surface area contributed by atoms with Gasteiger partial charge < -0.3 is 15.4 Å². The molecule has 6 heteroatoms. The third-order valence-electron chi connectivity index (χ3n) is 2.06. The van der Waals surface area contributed by atoms with Crippen molar-refractivity contribution in [1.82, 2.24) is 10.6 Å². The van der Waals surface area contributed by atoms with E-state index in [-0.39, 0.29) is 5.91 Å². The van der Waals surface area contributed by atoms with Crippen LogP contribution in [0.1, 0.15) is 13.3 Å². The Labute approximate surface area is 100 Å². The highest BCUT2D eigenvalue weighted by molar-refractivity contribution is 8.14. The molecule has 0 spiro atoms. The Morgan fingerprint density at radius 1 is 1.75 bits per heavy atom. The quantitative estimate of drug-likeness (QED) is 0.657. The molecule has 0 saturated carbocycles. The lowest BCUT2D eigenvalue weighted by Gasteiger charge is -2.03. The summed E-state index contributed by atoms with van der Waals surface area (Å²) < 4.78 is 4.83. The van der Waals surface area contributed by atoms with E-state index in [9.17, 15) is 4.79 Å². The molecule has 1 unspecified atom stereocenters. The number of amides is 1. The summed E-state index contributed by atoms with van der Waals surface area (Å²) in [5.41, 5.74) is 0. The molecule has 1 rings (SSSR count). The van der Waals surface area contributed by atoms with Crippen molar-refractivity contribution in [2.45, 2.75) is 19.4 Å². The number of nitrogens with zero attached hydrogens (tertiary/aromatic N) is 1. The average molecular weight is 245 g/mol. The number of rotatable bonds is 6. The molecule has 92 valence electrons. The fourth-order valence-electron chi connectivity index (χ4n) is 1.23. The molecular weight excluding hydrogens is 226 g/mol. The van der Waals surface area contributed by atoms with Crippen molar-refractivity contribution in [2.24, 2.45) is 4.99 Å². The van der Waals surface area contributed by atoms with Gasteiger partial charge in [0.05, 0.1) is 13.2 Å². The van der Waals surface area contributed by atoms with E-state index in [0.717, 1.165) is 10.9 Å². The van der Waals surface area contributed by atoms with Crippen molar-refractivity contribution in [3.63, 3.8) is 0 Å². The minimum absolute atomic E-state index is 0.0254. The Bertz CT molecular complexity index is 258. The summed E-state index contributed by atoms with van der Waals surface area (Å²) in [5, 5.41) is 6.95. The van der Waals surface area contributed by atoms with Gasteiger partial charge in [0.1, 0.15) is 0 Å². The molecule has 0 radical (unpaired) electrons. The van der Waals surface area contributed by atoms with Gasteiger partial charge in [-0.3, -0.25) is 9.79 Å². The molecule has 0 aromatic heterocycles. The predicted octanol–water partition coefficient (Wildman–Crippen LogP) is 0.220. The number of hydrogen-bond donors (Lipinski definition) is 2. The summed E-state index contributed by atoms with van der Waals surface area (Å²) in [6.07, 6.45) is 0.434. The van der Waals surface area contributed by atoms with Gasteiger partial charge in [0, 0.05) is 31.9 Å². The van der Waals surface area contributed by atoms with Crippen molar-refractivity contribution < 1.29 is 9.53 Å². The van der Waals surface area contributed by atoms with Gasteiger partial charge in [0.15, 0.2) is 5.17 Å². The summed E-state index contributed by atoms with van der Waals surface area (Å²) in [5.74, 6) is 1.08. The third-order valence-corrected chi connectivity index (χ3v) is 3.25. The standard InChI is InChI=1S/C10H19N3O2S/c1-8-7-16-10(13-8)12-4-3-9(14)11-5-6-15-2/h8H,3-7H2,1-2H3,(H,11,14)(H,12,13). The van der Waals surface area contributed by atoms with Gasteiger partial charge >= 0.3 is 0 Å². The van der Waals surface area contributed by atoms with Crippen molar-refractivity contribution in [3.8, 4) is 0 Å². The van der Waals surface area contributed by atoms with Crippen LogP contribution in [-0.2, 0) is 9.53 Å². The highest BCUT2D eigenvalue weighted by Gasteiger charge is 2.14. The van der Waals surface area contributed by atoms with Crippen molar-refractivity contribution in [1.29, 1.82) is 0 Å². The summed E-state index contributed by atoms with van der Waals surface area (Å²) in [7, 11) is 1.61. The second kappa shape index (κ2) is 7.51. The van der Waals surface area contributed by atoms with Crippen LogP contribution in [0, 0.1) is 0 Å². The number of thioether (sulfide) groups is 1. The van der Waals surface area contributed by atoms with Crippen LogP contribution in [0.15, 0.2) is 4.99 Å². The zero-order chi connectivity index (χ0) is 11.8. The smallest absolute Gasteiger partial charge is 0.221 e. The lowest BCUT2D eigenvalue weighted by molar-refractivity contribution is -0.121. The number of aliphatic imine (C=N–C) groups is 1. The van der Waals surface area contributed by atoms with Crippen molar-refractivity contribution in [3.05, 3.63) is 0 Å². The van der Waals surface area contributed by atoms with Crippen LogP contribution in [0.2, 0.25) is 0 Å². The number of carbonyl (C=O) groups excluding carboxylic acids is 1. The molecule has 0 aliphatic carbocycles. The van der Waals surface area contributed by atoms with E-state index in [0.29, 0.717) is 32.2 Å². The van der Waals surface area contributed by atoms with Gasteiger partial charge in [-0.05, 0) is 6.92 Å². The van der Waals surface area contributed by atoms with E-state index in [4.69, 9.17) is 4.74 Å². The lowest BCUT2D eigenvalue weighted by Crippen LogP contribution is -2.27. The molecule has 1 fully saturated rings. The Balaban J connectivity index is 2.08. The average Bonchev–Trinajstić information content (AvgIpc) is 2.65. The topological polar surface area (TPSA) is 62.7 Å². The maximum atomic E-state index is 11.3. The molecule has 5 nitrogen and oxygen atoms in total. The van der Waals surface area contributed by atoms with E-state index in [1.165, 1.54) is 0 Å². The minimum Gasteiger partial charge on any atom is -0.383 e. The van der Waals surface area contributed by atoms with Gasteiger partial charge in [-0.1, -0.05) is 11.8 Å². The van der Waals surface area contributed by atoms with E-state index in [1.54, 1.807) is 18.9 Å². The lowest BCUT2D eigenvalue weighted by atomic mass is 10.4. The van der Waals surface area contributed by atoms with Gasteiger partial charge in [0.2, 0.25) is 5.91 Å². The molecule has 1 aliphatic rings. The second-order valence-electron chi connectivity index (χ2n) is 3.64. The first-order chi connectivity index (χ1) is 7.72. The van der Waals surface area contributed by atoms with E-state index < -0.39 is 0 Å². The number of hydrogen-bond acceptors (Lipinski definition) is 4. The first-order valence-corrected chi connectivity index (χ1v) is 6.40. The number of carbonyl (C=O) groups is 1. The Morgan fingerprint density at radius 2 is 2.56 bits per heavy atom. The third kappa shape index (κ3) is 5.37. The molecule has 1 aliphatic heterocycles. The van der Waals surface area contributed by atoms with Crippen LogP contribution < -0.4 is 10.6 Å². The monoisotopic (exact) mass is 245 g/mol. The molecule has 0 aromatic rings. The van der Waals surface area contributed by atoms with Crippen LogP contribution in [0.4, 0.5) is 0 Å². The minimum atomic E-state index is 0.0254. The first-order valence-electron chi connectivity index (χ1n) is 5.42. The summed E-state index contributed by atoms with van der Waals surface area (Å²) in [4.78, 5) is 15.6.